The zero-order valence-electron chi connectivity index (χ0n) is 59.4. The molecule has 0 amide bonds. The van der Waals surface area contributed by atoms with E-state index in [4.69, 9.17) is 9.47 Å². The lowest BCUT2D eigenvalue weighted by molar-refractivity contribution is -0.161. The molecule has 0 bridgehead atoms. The largest absolute Gasteiger partial charge is 0.462 e. The van der Waals surface area contributed by atoms with Crippen LogP contribution >= 0.6 is 0 Å². The van der Waals surface area contributed by atoms with E-state index in [-0.39, 0.29) is 25.2 Å². The number of rotatable bonds is 71. The summed E-state index contributed by atoms with van der Waals surface area (Å²) in [5.41, 5.74) is 0. The van der Waals surface area contributed by atoms with Crippen LogP contribution in [0.4, 0.5) is 0 Å². The Morgan fingerprint density at radius 3 is 0.667 bits per heavy atom. The van der Waals surface area contributed by atoms with Crippen LogP contribution in [0, 0.1) is 0 Å². The monoisotopic (exact) mass is 1250 g/mol. The molecule has 0 saturated heterocycles. The molecule has 0 radical (unpaired) electrons. The summed E-state index contributed by atoms with van der Waals surface area (Å²) < 4.78 is 10.8. The number of carbonyl (C=O) groups excluding carboxylic acids is 2. The fourth-order valence-corrected chi connectivity index (χ4v) is 11.2. The Morgan fingerprint density at radius 1 is 0.256 bits per heavy atom. The molecule has 0 fully saturated rings. The highest BCUT2D eigenvalue weighted by Crippen LogP contribution is 2.19. The molecule has 1 atom stereocenters. The molecule has 0 rings (SSSR count). The Morgan fingerprint density at radius 2 is 0.444 bits per heavy atom. The minimum Gasteiger partial charge on any atom is -0.462 e. The number of allylic oxidation sites excluding steroid dienone is 22. The van der Waals surface area contributed by atoms with Gasteiger partial charge in [-0.15, -0.1) is 0 Å². The van der Waals surface area contributed by atoms with Crippen molar-refractivity contribution in [3.63, 3.8) is 0 Å². The molecule has 0 aromatic rings. The second-order valence-electron chi connectivity index (χ2n) is 25.7. The molecule has 0 spiro atoms. The summed E-state index contributed by atoms with van der Waals surface area (Å²) >= 11 is 0. The standard InChI is InChI=1S/C85H146O5/c1-3-5-7-9-11-13-15-17-19-21-23-25-27-29-31-33-35-37-39-40-41-42-43-44-46-47-49-51-53-55-57-59-61-63-65-67-69-71-73-75-77-79-84(87)89-82-83(81-86)90-85(88)80-78-76-74-72-70-68-66-64-62-60-58-56-54-52-50-48-45-38-36-34-32-30-28-26-24-22-20-18-16-14-12-10-8-6-4-2/h5-8,11-14,17-20,23-26,29-32,36,38,83,86H,3-4,9-10,15-16,21-22,27-28,33-35,37,39-82H2,1-2H3/b7-5-,8-6-,13-11-,14-12-,19-17-,20-18-,25-23-,26-24-,31-29-,32-30-,38-36-. The van der Waals surface area contributed by atoms with Crippen LogP contribution < -0.4 is 0 Å². The number of ether oxygens (including phenoxy) is 2. The molecule has 90 heavy (non-hydrogen) atoms. The second-order valence-corrected chi connectivity index (χ2v) is 25.7. The van der Waals surface area contributed by atoms with Crippen LogP contribution in [0.1, 0.15) is 373 Å². The van der Waals surface area contributed by atoms with E-state index in [2.05, 4.69) is 148 Å². The van der Waals surface area contributed by atoms with Crippen molar-refractivity contribution >= 4 is 11.9 Å². The summed E-state index contributed by atoms with van der Waals surface area (Å²) in [7, 11) is 0. The third kappa shape index (κ3) is 76.5. The highest BCUT2D eigenvalue weighted by Gasteiger charge is 2.16. The van der Waals surface area contributed by atoms with E-state index in [1.54, 1.807) is 0 Å². The molecular formula is C85H146O5. The van der Waals surface area contributed by atoms with Crippen LogP contribution in [0.3, 0.4) is 0 Å². The average molecular weight is 1250 g/mol. The number of aliphatic hydroxyl groups is 1. The summed E-state index contributed by atoms with van der Waals surface area (Å²) in [5.74, 6) is -0.576. The van der Waals surface area contributed by atoms with Crippen LogP contribution in [-0.4, -0.2) is 36.4 Å². The zero-order valence-corrected chi connectivity index (χ0v) is 59.4. The Bertz CT molecular complexity index is 1800. The van der Waals surface area contributed by atoms with Gasteiger partial charge in [-0.25, -0.2) is 0 Å². The van der Waals surface area contributed by atoms with Crippen molar-refractivity contribution in [2.75, 3.05) is 13.2 Å². The summed E-state index contributed by atoms with van der Waals surface area (Å²) in [6, 6.07) is 0. The summed E-state index contributed by atoms with van der Waals surface area (Å²) in [6.07, 6.45) is 118. The molecule has 0 saturated carbocycles. The molecule has 5 heteroatoms. The lowest BCUT2D eigenvalue weighted by Crippen LogP contribution is -2.28. The van der Waals surface area contributed by atoms with Gasteiger partial charge < -0.3 is 14.6 Å². The van der Waals surface area contributed by atoms with Gasteiger partial charge in [-0.3, -0.25) is 9.59 Å². The first-order chi connectivity index (χ1) is 44.6. The van der Waals surface area contributed by atoms with Gasteiger partial charge in [0.15, 0.2) is 6.10 Å². The summed E-state index contributed by atoms with van der Waals surface area (Å²) in [5, 5.41) is 9.73. The topological polar surface area (TPSA) is 72.8 Å². The smallest absolute Gasteiger partial charge is 0.306 e. The lowest BCUT2D eigenvalue weighted by atomic mass is 10.0. The van der Waals surface area contributed by atoms with Crippen molar-refractivity contribution in [1.82, 2.24) is 0 Å². The number of aliphatic hydroxyl groups excluding tert-OH is 1. The van der Waals surface area contributed by atoms with Crippen LogP contribution in [0.25, 0.3) is 0 Å². The second kappa shape index (κ2) is 79.3. The fourth-order valence-electron chi connectivity index (χ4n) is 11.2. The molecule has 1 unspecified atom stereocenters. The quantitative estimate of drug-likeness (QED) is 0.0373. The molecule has 516 valence electrons. The minimum absolute atomic E-state index is 0.0655. The number of hydrogen-bond donors (Lipinski definition) is 1. The van der Waals surface area contributed by atoms with Crippen molar-refractivity contribution in [3.8, 4) is 0 Å². The Labute approximate surface area is 559 Å². The lowest BCUT2D eigenvalue weighted by Gasteiger charge is -2.15. The highest BCUT2D eigenvalue weighted by atomic mass is 16.6. The third-order valence-corrected chi connectivity index (χ3v) is 16.9. The summed E-state index contributed by atoms with van der Waals surface area (Å²) in [6.45, 7) is 3.95. The number of unbranched alkanes of at least 4 members (excludes halogenated alkanes) is 41. The molecule has 5 nitrogen and oxygen atoms in total. The molecule has 0 aliphatic heterocycles. The normalized spacial score (nSPS) is 13.0. The van der Waals surface area contributed by atoms with Gasteiger partial charge in [-0.2, -0.15) is 0 Å². The maximum absolute atomic E-state index is 12.4. The average Bonchev–Trinajstić information content (AvgIpc) is 3.58. The van der Waals surface area contributed by atoms with E-state index in [0.717, 1.165) is 109 Å². The van der Waals surface area contributed by atoms with Crippen LogP contribution in [0.5, 0.6) is 0 Å². The van der Waals surface area contributed by atoms with Crippen LogP contribution in [-0.2, 0) is 19.1 Å². The van der Waals surface area contributed by atoms with Gasteiger partial charge in [0.25, 0.3) is 0 Å². The minimum atomic E-state index is -0.778. The van der Waals surface area contributed by atoms with E-state index in [0.29, 0.717) is 12.8 Å². The molecule has 0 aliphatic rings. The number of hydrogen-bond acceptors (Lipinski definition) is 5. The van der Waals surface area contributed by atoms with Crippen molar-refractivity contribution in [3.05, 3.63) is 134 Å². The SMILES string of the molecule is CC/C=C\C/C=C\C/C=C\C/C=C\C/C=C\C/C=C\CCCCCCCCCCCCCCCCCCC(=O)OC(CO)COC(=O)CCCCCCCCCCCCCCCCCCCCCCCCCCC/C=C\C/C=C\C/C=C\C/C=C\C/C=C\CC. The molecule has 0 heterocycles. The number of esters is 2. The van der Waals surface area contributed by atoms with Gasteiger partial charge >= 0.3 is 11.9 Å². The van der Waals surface area contributed by atoms with E-state index in [9.17, 15) is 14.7 Å². The van der Waals surface area contributed by atoms with Gasteiger partial charge in [0, 0.05) is 12.8 Å². The molecular weight excluding hydrogens is 1100 g/mol. The van der Waals surface area contributed by atoms with Crippen LogP contribution in [0.2, 0.25) is 0 Å². The predicted octanol–water partition coefficient (Wildman–Crippen LogP) is 27.4. The Hall–Kier alpha value is -3.96. The van der Waals surface area contributed by atoms with Crippen molar-refractivity contribution in [2.45, 2.75) is 380 Å². The first kappa shape index (κ1) is 86.0. The number of carbonyl (C=O) groups is 2. The Kier molecular flexibility index (Phi) is 75.8. The van der Waals surface area contributed by atoms with E-state index in [1.807, 2.05) is 0 Å². The van der Waals surface area contributed by atoms with Crippen molar-refractivity contribution in [1.29, 1.82) is 0 Å². The van der Waals surface area contributed by atoms with Crippen molar-refractivity contribution < 1.29 is 24.2 Å². The van der Waals surface area contributed by atoms with E-state index >= 15 is 0 Å². The summed E-state index contributed by atoms with van der Waals surface area (Å²) in [4.78, 5) is 24.7. The highest BCUT2D eigenvalue weighted by molar-refractivity contribution is 5.70. The first-order valence-electron chi connectivity index (χ1n) is 38.7. The van der Waals surface area contributed by atoms with Crippen molar-refractivity contribution in [2.24, 2.45) is 0 Å². The predicted molar refractivity (Wildman–Crippen MR) is 398 cm³/mol. The molecule has 0 aromatic heterocycles. The maximum atomic E-state index is 12.4. The van der Waals surface area contributed by atoms with Gasteiger partial charge in [0.1, 0.15) is 6.61 Å². The third-order valence-electron chi connectivity index (χ3n) is 16.9. The zero-order chi connectivity index (χ0) is 64.7. The molecule has 1 N–H and O–H groups in total. The first-order valence-corrected chi connectivity index (χ1v) is 38.7. The van der Waals surface area contributed by atoms with Gasteiger partial charge in [-0.1, -0.05) is 385 Å². The van der Waals surface area contributed by atoms with E-state index in [1.165, 1.54) is 238 Å². The van der Waals surface area contributed by atoms with Crippen LogP contribution in [0.15, 0.2) is 134 Å². The van der Waals surface area contributed by atoms with Gasteiger partial charge in [0.05, 0.1) is 6.61 Å². The molecule has 0 aromatic carbocycles. The van der Waals surface area contributed by atoms with Gasteiger partial charge in [0.2, 0.25) is 0 Å². The molecule has 0 aliphatic carbocycles. The fraction of sp³-hybridized carbons (Fsp3) is 0.718. The maximum Gasteiger partial charge on any atom is 0.306 e. The van der Waals surface area contributed by atoms with E-state index < -0.39 is 6.10 Å². The Balaban J connectivity index is 3.42. The van der Waals surface area contributed by atoms with Gasteiger partial charge in [-0.05, 0) is 109 Å².